The number of ether oxygens (including phenoxy) is 2. The number of rotatable bonds is 5. The third kappa shape index (κ3) is 4.02. The first-order chi connectivity index (χ1) is 11.1. The summed E-state index contributed by atoms with van der Waals surface area (Å²) < 4.78 is 37.3. The summed E-state index contributed by atoms with van der Waals surface area (Å²) >= 11 is 0. The van der Waals surface area contributed by atoms with E-state index in [-0.39, 0.29) is 18.0 Å². The Morgan fingerprint density at radius 3 is 2.61 bits per heavy atom. The lowest BCUT2D eigenvalue weighted by Crippen LogP contribution is -2.57. The maximum atomic E-state index is 12.3. The molecule has 1 aromatic rings. The van der Waals surface area contributed by atoms with E-state index in [1.807, 2.05) is 6.07 Å². The highest BCUT2D eigenvalue weighted by atomic mass is 32.2. The Morgan fingerprint density at radius 1 is 1.26 bits per heavy atom. The molecule has 23 heavy (non-hydrogen) atoms. The molecule has 2 heterocycles. The summed E-state index contributed by atoms with van der Waals surface area (Å²) in [4.78, 5) is 0. The topological polar surface area (TPSA) is 79.6 Å². The number of benzene rings is 1. The predicted octanol–water partition coefficient (Wildman–Crippen LogP) is 1.52. The second-order valence-corrected chi connectivity index (χ2v) is 7.97. The molecule has 0 radical (unpaired) electrons. The van der Waals surface area contributed by atoms with E-state index in [0.29, 0.717) is 31.0 Å². The molecule has 0 spiro atoms. The predicted molar refractivity (Wildman–Crippen MR) is 84.5 cm³/mol. The second kappa shape index (κ2) is 6.87. The number of nitriles is 1. The molecule has 6 nitrogen and oxygen atoms in total. The smallest absolute Gasteiger partial charge is 0.216 e. The number of hydrogen-bond donors (Lipinski definition) is 0. The summed E-state index contributed by atoms with van der Waals surface area (Å²) in [5, 5.41) is 8.75. The van der Waals surface area contributed by atoms with Gasteiger partial charge in [0.15, 0.2) is 0 Å². The molecule has 7 heteroatoms. The van der Waals surface area contributed by atoms with Gasteiger partial charge in [-0.05, 0) is 43.5 Å². The molecule has 0 saturated carbocycles. The van der Waals surface area contributed by atoms with Crippen molar-refractivity contribution in [3.05, 3.63) is 29.8 Å². The van der Waals surface area contributed by atoms with Crippen molar-refractivity contribution in [1.82, 2.24) is 4.31 Å². The van der Waals surface area contributed by atoms with Crippen molar-refractivity contribution in [3.8, 4) is 11.8 Å². The Bertz CT molecular complexity index is 669. The third-order valence-electron chi connectivity index (χ3n) is 4.16. The molecule has 0 N–H and O–H groups in total. The van der Waals surface area contributed by atoms with E-state index in [1.165, 1.54) is 4.31 Å². The van der Waals surface area contributed by atoms with Gasteiger partial charge in [0.25, 0.3) is 0 Å². The molecular weight excluding hydrogens is 316 g/mol. The van der Waals surface area contributed by atoms with Crippen LogP contribution in [0, 0.1) is 11.3 Å². The van der Waals surface area contributed by atoms with Crippen molar-refractivity contribution in [2.75, 3.05) is 25.4 Å². The van der Waals surface area contributed by atoms with Crippen molar-refractivity contribution >= 4 is 10.0 Å². The molecule has 0 bridgehead atoms. The maximum Gasteiger partial charge on any atom is 0.216 e. The minimum atomic E-state index is -3.27. The Kier molecular flexibility index (Phi) is 4.85. The van der Waals surface area contributed by atoms with Gasteiger partial charge in [0.2, 0.25) is 10.0 Å². The molecule has 1 aromatic carbocycles. The Morgan fingerprint density at radius 2 is 2.00 bits per heavy atom. The molecule has 0 amide bonds. The zero-order chi connectivity index (χ0) is 16.3. The van der Waals surface area contributed by atoms with E-state index in [2.05, 4.69) is 0 Å². The Balaban J connectivity index is 1.48. The van der Waals surface area contributed by atoms with Crippen LogP contribution in [-0.4, -0.2) is 50.4 Å². The third-order valence-corrected chi connectivity index (χ3v) is 6.04. The van der Waals surface area contributed by atoms with Crippen molar-refractivity contribution in [2.45, 2.75) is 31.5 Å². The van der Waals surface area contributed by atoms with E-state index in [9.17, 15) is 8.42 Å². The standard InChI is InChI=1S/C16H20N2O4S/c17-9-13-4-6-14(7-5-13)22-16-10-18(11-16)23(19,20)12-15-3-1-2-8-21-15/h4-7,15-16H,1-3,8,10-12H2. The van der Waals surface area contributed by atoms with E-state index in [0.717, 1.165) is 19.3 Å². The van der Waals surface area contributed by atoms with Gasteiger partial charge in [-0.3, -0.25) is 0 Å². The summed E-state index contributed by atoms with van der Waals surface area (Å²) in [5.41, 5.74) is 0.572. The summed E-state index contributed by atoms with van der Waals surface area (Å²) in [7, 11) is -3.27. The zero-order valence-corrected chi connectivity index (χ0v) is 13.7. The molecule has 3 rings (SSSR count). The highest BCUT2D eigenvalue weighted by Crippen LogP contribution is 2.23. The zero-order valence-electron chi connectivity index (χ0n) is 12.8. The molecule has 2 fully saturated rings. The highest BCUT2D eigenvalue weighted by molar-refractivity contribution is 7.89. The van der Waals surface area contributed by atoms with Crippen molar-refractivity contribution in [1.29, 1.82) is 5.26 Å². The van der Waals surface area contributed by atoms with E-state index in [4.69, 9.17) is 14.7 Å². The fourth-order valence-corrected chi connectivity index (χ4v) is 4.51. The average molecular weight is 336 g/mol. The molecule has 2 aliphatic rings. The fourth-order valence-electron chi connectivity index (χ4n) is 2.78. The van der Waals surface area contributed by atoms with Gasteiger partial charge in [-0.2, -0.15) is 9.57 Å². The van der Waals surface area contributed by atoms with Crippen LogP contribution in [0.1, 0.15) is 24.8 Å². The first kappa shape index (κ1) is 16.2. The monoisotopic (exact) mass is 336 g/mol. The average Bonchev–Trinajstić information content (AvgIpc) is 2.51. The van der Waals surface area contributed by atoms with Crippen LogP contribution in [0.15, 0.2) is 24.3 Å². The van der Waals surface area contributed by atoms with Gasteiger partial charge in [-0.15, -0.1) is 0 Å². The summed E-state index contributed by atoms with van der Waals surface area (Å²) in [6.45, 7) is 1.40. The Labute approximate surface area is 136 Å². The van der Waals surface area contributed by atoms with Gasteiger partial charge in [0, 0.05) is 6.61 Å². The molecule has 124 valence electrons. The minimum absolute atomic E-state index is 0.0661. The summed E-state index contributed by atoms with van der Waals surface area (Å²) in [6, 6.07) is 8.87. The van der Waals surface area contributed by atoms with Gasteiger partial charge in [0.1, 0.15) is 11.9 Å². The SMILES string of the molecule is N#Cc1ccc(OC2CN(S(=O)(=O)CC3CCCCO3)C2)cc1. The second-order valence-electron chi connectivity index (χ2n) is 5.96. The number of sulfonamides is 1. The van der Waals surface area contributed by atoms with Crippen molar-refractivity contribution in [2.24, 2.45) is 0 Å². The van der Waals surface area contributed by atoms with Gasteiger partial charge in [-0.25, -0.2) is 8.42 Å². The molecular formula is C16H20N2O4S. The molecule has 1 atom stereocenters. The van der Waals surface area contributed by atoms with Gasteiger partial charge in [-0.1, -0.05) is 0 Å². The van der Waals surface area contributed by atoms with Crippen LogP contribution in [0.25, 0.3) is 0 Å². The molecule has 0 aliphatic carbocycles. The van der Waals surface area contributed by atoms with Crippen LogP contribution in [0.5, 0.6) is 5.75 Å². The fraction of sp³-hybridized carbons (Fsp3) is 0.562. The highest BCUT2D eigenvalue weighted by Gasteiger charge is 2.38. The maximum absolute atomic E-state index is 12.3. The normalized spacial score (nSPS) is 23.0. The number of nitrogens with zero attached hydrogens (tertiary/aromatic N) is 2. The quantitative estimate of drug-likeness (QED) is 0.814. The van der Waals surface area contributed by atoms with Crippen molar-refractivity contribution < 1.29 is 17.9 Å². The van der Waals surface area contributed by atoms with Crippen LogP contribution in [0.4, 0.5) is 0 Å². The minimum Gasteiger partial charge on any atom is -0.488 e. The molecule has 1 unspecified atom stereocenters. The first-order valence-corrected chi connectivity index (χ1v) is 9.44. The Hall–Kier alpha value is -1.62. The van der Waals surface area contributed by atoms with Crippen LogP contribution in [0.3, 0.4) is 0 Å². The van der Waals surface area contributed by atoms with E-state index >= 15 is 0 Å². The van der Waals surface area contributed by atoms with Gasteiger partial charge < -0.3 is 9.47 Å². The first-order valence-electron chi connectivity index (χ1n) is 7.83. The molecule has 2 saturated heterocycles. The van der Waals surface area contributed by atoms with Crippen LogP contribution in [-0.2, 0) is 14.8 Å². The van der Waals surface area contributed by atoms with Crippen LogP contribution >= 0.6 is 0 Å². The van der Waals surface area contributed by atoms with Gasteiger partial charge in [0.05, 0.1) is 36.6 Å². The van der Waals surface area contributed by atoms with E-state index in [1.54, 1.807) is 24.3 Å². The largest absolute Gasteiger partial charge is 0.488 e. The summed E-state index contributed by atoms with van der Waals surface area (Å²) in [6.07, 6.45) is 2.56. The lowest BCUT2D eigenvalue weighted by molar-refractivity contribution is 0.0277. The van der Waals surface area contributed by atoms with Crippen LogP contribution in [0.2, 0.25) is 0 Å². The van der Waals surface area contributed by atoms with Gasteiger partial charge >= 0.3 is 0 Å². The molecule has 2 aliphatic heterocycles. The number of hydrogen-bond acceptors (Lipinski definition) is 5. The molecule has 0 aromatic heterocycles. The van der Waals surface area contributed by atoms with Crippen molar-refractivity contribution in [3.63, 3.8) is 0 Å². The van der Waals surface area contributed by atoms with Crippen LogP contribution < -0.4 is 4.74 Å². The lowest BCUT2D eigenvalue weighted by atomic mass is 10.1. The summed E-state index contributed by atoms with van der Waals surface area (Å²) in [5.74, 6) is 0.720. The van der Waals surface area contributed by atoms with E-state index < -0.39 is 10.0 Å². The lowest BCUT2D eigenvalue weighted by Gasteiger charge is -2.38.